The summed E-state index contributed by atoms with van der Waals surface area (Å²) in [6.45, 7) is 4.75. The molecule has 1 aliphatic heterocycles. The molecule has 0 radical (unpaired) electrons. The van der Waals surface area contributed by atoms with E-state index in [-0.39, 0.29) is 5.41 Å². The van der Waals surface area contributed by atoms with Crippen molar-refractivity contribution in [3.8, 4) is 33.8 Å². The van der Waals surface area contributed by atoms with Crippen LogP contribution in [0, 0.1) is 0 Å². The molecule has 12 rings (SSSR count). The Kier molecular flexibility index (Phi) is 5.51. The number of para-hydroxylation sites is 1. The largest absolute Gasteiger partial charge is 0.461 e. The zero-order valence-corrected chi connectivity index (χ0v) is 29.4. The molecule has 0 amide bonds. The first kappa shape index (κ1) is 29.0. The third kappa shape index (κ3) is 3.46. The molecule has 7 aromatic carbocycles. The Bertz CT molecular complexity index is 2900. The maximum atomic E-state index is 6.27. The van der Waals surface area contributed by atoms with Crippen molar-refractivity contribution in [3.63, 3.8) is 0 Å². The SMILES string of the molecule is CC1(C)c2ccccc2-c2cc3c(cc21)N(c1c2ccccc2c(-c2ccccc2)c2ccccc12)c1ccccc1C31c2ccoc2-c2occc21. The summed E-state index contributed by atoms with van der Waals surface area (Å²) < 4.78 is 12.5. The van der Waals surface area contributed by atoms with Gasteiger partial charge in [-0.3, -0.25) is 0 Å². The predicted molar refractivity (Wildman–Crippen MR) is 215 cm³/mol. The standard InChI is InChI=1S/C50H33NO2/c1-49(2)37-21-11-10-16-31(37)36-28-42-44(29-41(36)49)51(43-23-13-12-22-38(43)50(42)39-24-26-52-47(39)48-40(50)25-27-53-48)46-34-19-8-6-17-32(34)45(30-14-4-3-5-15-30)33-18-7-9-20-35(33)46/h3-29H,1-2H3. The predicted octanol–water partition coefficient (Wildman–Crippen LogP) is 13.3. The second kappa shape index (κ2) is 10.1. The number of nitrogens with zero attached hydrogens (tertiary/aromatic N) is 1. The Morgan fingerprint density at radius 1 is 0.434 bits per heavy atom. The topological polar surface area (TPSA) is 29.5 Å². The van der Waals surface area contributed by atoms with Gasteiger partial charge in [-0.2, -0.15) is 0 Å². The lowest BCUT2D eigenvalue weighted by molar-refractivity contribution is 0.525. The van der Waals surface area contributed by atoms with E-state index in [0.29, 0.717) is 0 Å². The van der Waals surface area contributed by atoms with Crippen molar-refractivity contribution in [2.75, 3.05) is 4.90 Å². The number of rotatable bonds is 2. The fourth-order valence-electron chi connectivity index (χ4n) is 10.3. The van der Waals surface area contributed by atoms with Gasteiger partial charge in [-0.25, -0.2) is 0 Å². The van der Waals surface area contributed by atoms with Gasteiger partial charge in [-0.15, -0.1) is 0 Å². The fraction of sp³-hybridized carbons (Fsp3) is 0.0800. The normalized spacial score (nSPS) is 15.2. The van der Waals surface area contributed by atoms with Gasteiger partial charge < -0.3 is 13.7 Å². The highest BCUT2D eigenvalue weighted by Crippen LogP contribution is 2.66. The van der Waals surface area contributed by atoms with Crippen LogP contribution in [0.1, 0.15) is 47.2 Å². The molecule has 0 fully saturated rings. The van der Waals surface area contributed by atoms with Crippen LogP contribution in [0.2, 0.25) is 0 Å². The van der Waals surface area contributed by atoms with Gasteiger partial charge in [0.1, 0.15) is 0 Å². The van der Waals surface area contributed by atoms with E-state index in [9.17, 15) is 0 Å². The van der Waals surface area contributed by atoms with Crippen molar-refractivity contribution < 1.29 is 8.83 Å². The van der Waals surface area contributed by atoms with Gasteiger partial charge in [0.25, 0.3) is 0 Å². The van der Waals surface area contributed by atoms with Crippen LogP contribution in [0.3, 0.4) is 0 Å². The van der Waals surface area contributed by atoms with E-state index >= 15 is 0 Å². The zero-order valence-electron chi connectivity index (χ0n) is 29.4. The van der Waals surface area contributed by atoms with Gasteiger partial charge in [0.05, 0.1) is 35.0 Å². The van der Waals surface area contributed by atoms with Crippen LogP contribution in [0.15, 0.2) is 173 Å². The van der Waals surface area contributed by atoms with E-state index in [4.69, 9.17) is 8.83 Å². The second-order valence-corrected chi connectivity index (χ2v) is 15.2. The van der Waals surface area contributed by atoms with Gasteiger partial charge in [-0.05, 0) is 85.6 Å². The minimum absolute atomic E-state index is 0.185. The van der Waals surface area contributed by atoms with Crippen LogP contribution in [-0.2, 0) is 10.8 Å². The molecule has 3 heteroatoms. The lowest BCUT2D eigenvalue weighted by atomic mass is 9.64. The molecular weight excluding hydrogens is 647 g/mol. The molecule has 1 spiro atoms. The minimum Gasteiger partial charge on any atom is -0.461 e. The summed E-state index contributed by atoms with van der Waals surface area (Å²) in [6, 6.07) is 56.0. The van der Waals surface area contributed by atoms with E-state index < -0.39 is 5.41 Å². The average molecular weight is 680 g/mol. The highest BCUT2D eigenvalue weighted by molar-refractivity contribution is 6.23. The summed E-state index contributed by atoms with van der Waals surface area (Å²) in [5, 5.41) is 4.89. The zero-order chi connectivity index (χ0) is 35.1. The quantitative estimate of drug-likeness (QED) is 0.170. The smallest absolute Gasteiger partial charge is 0.174 e. The molecular formula is C50H33NO2. The highest BCUT2D eigenvalue weighted by atomic mass is 16.4. The van der Waals surface area contributed by atoms with Crippen LogP contribution >= 0.6 is 0 Å². The molecule has 3 aliphatic rings. The van der Waals surface area contributed by atoms with E-state index in [0.717, 1.165) is 28.3 Å². The molecule has 3 heterocycles. The van der Waals surface area contributed by atoms with E-state index in [1.165, 1.54) is 77.4 Å². The molecule has 0 bridgehead atoms. The number of hydrogen-bond donors (Lipinski definition) is 0. The molecule has 3 nitrogen and oxygen atoms in total. The van der Waals surface area contributed by atoms with Crippen molar-refractivity contribution in [1.82, 2.24) is 0 Å². The van der Waals surface area contributed by atoms with Gasteiger partial charge in [-0.1, -0.05) is 135 Å². The number of benzene rings is 7. The van der Waals surface area contributed by atoms with E-state index in [2.05, 4.69) is 170 Å². The lowest BCUT2D eigenvalue weighted by Crippen LogP contribution is -2.36. The molecule has 0 atom stereocenters. The number of anilines is 3. The van der Waals surface area contributed by atoms with Gasteiger partial charge in [0.15, 0.2) is 11.5 Å². The van der Waals surface area contributed by atoms with Gasteiger partial charge >= 0.3 is 0 Å². The van der Waals surface area contributed by atoms with Crippen LogP contribution in [0.25, 0.3) is 55.3 Å². The average Bonchev–Trinajstić information content (AvgIpc) is 3.98. The summed E-state index contributed by atoms with van der Waals surface area (Å²) in [5.74, 6) is 1.62. The summed E-state index contributed by atoms with van der Waals surface area (Å²) >= 11 is 0. The van der Waals surface area contributed by atoms with Gasteiger partial charge in [0.2, 0.25) is 0 Å². The van der Waals surface area contributed by atoms with Crippen molar-refractivity contribution in [2.24, 2.45) is 0 Å². The molecule has 2 aromatic heterocycles. The lowest BCUT2D eigenvalue weighted by Gasteiger charge is -2.45. The number of fused-ring (bicyclic) bond motifs is 14. The van der Waals surface area contributed by atoms with E-state index in [1.807, 2.05) is 12.5 Å². The maximum absolute atomic E-state index is 6.27. The fourth-order valence-corrected chi connectivity index (χ4v) is 10.3. The van der Waals surface area contributed by atoms with Crippen molar-refractivity contribution in [2.45, 2.75) is 24.7 Å². The van der Waals surface area contributed by atoms with Crippen molar-refractivity contribution in [1.29, 1.82) is 0 Å². The molecule has 53 heavy (non-hydrogen) atoms. The van der Waals surface area contributed by atoms with Crippen molar-refractivity contribution in [3.05, 3.63) is 198 Å². The Morgan fingerprint density at radius 3 is 1.68 bits per heavy atom. The molecule has 2 aliphatic carbocycles. The molecule has 250 valence electrons. The first-order valence-electron chi connectivity index (χ1n) is 18.4. The monoisotopic (exact) mass is 679 g/mol. The van der Waals surface area contributed by atoms with Crippen molar-refractivity contribution >= 4 is 38.6 Å². The highest BCUT2D eigenvalue weighted by Gasteiger charge is 2.56. The van der Waals surface area contributed by atoms with Crippen LogP contribution in [-0.4, -0.2) is 0 Å². The summed E-state index contributed by atoms with van der Waals surface area (Å²) in [5.41, 5.74) is 15.1. The third-order valence-corrected chi connectivity index (χ3v) is 12.4. The van der Waals surface area contributed by atoms with Crippen LogP contribution in [0.4, 0.5) is 17.1 Å². The van der Waals surface area contributed by atoms with Crippen LogP contribution < -0.4 is 4.90 Å². The maximum Gasteiger partial charge on any atom is 0.174 e. The first-order chi connectivity index (χ1) is 26.1. The first-order valence-corrected chi connectivity index (χ1v) is 18.4. The molecule has 0 N–H and O–H groups in total. The minimum atomic E-state index is -0.639. The molecule has 0 saturated carbocycles. The summed E-state index contributed by atoms with van der Waals surface area (Å²) in [6.07, 6.45) is 3.64. The Morgan fingerprint density at radius 2 is 1.00 bits per heavy atom. The molecule has 9 aromatic rings. The van der Waals surface area contributed by atoms with Gasteiger partial charge in [0, 0.05) is 27.3 Å². The molecule has 0 unspecified atom stereocenters. The third-order valence-electron chi connectivity index (χ3n) is 12.4. The number of hydrogen-bond acceptors (Lipinski definition) is 3. The Labute approximate surface area is 307 Å². The summed E-state index contributed by atoms with van der Waals surface area (Å²) in [7, 11) is 0. The second-order valence-electron chi connectivity index (χ2n) is 15.2. The molecule has 0 saturated heterocycles. The number of furan rings is 2. The Balaban J connectivity index is 1.28. The summed E-state index contributed by atoms with van der Waals surface area (Å²) in [4.78, 5) is 2.58. The van der Waals surface area contributed by atoms with Crippen LogP contribution in [0.5, 0.6) is 0 Å². The van der Waals surface area contributed by atoms with E-state index in [1.54, 1.807) is 0 Å². The Hall–Kier alpha value is -6.58.